The topological polar surface area (TPSA) is 56.8 Å². The van der Waals surface area contributed by atoms with E-state index >= 15 is 0 Å². The largest absolute Gasteiger partial charge is 0.494 e. The summed E-state index contributed by atoms with van der Waals surface area (Å²) in [5.74, 6) is 0.227. The molecule has 0 aliphatic carbocycles. The second-order valence-corrected chi connectivity index (χ2v) is 9.28. The van der Waals surface area contributed by atoms with Crippen molar-refractivity contribution in [1.82, 2.24) is 0 Å². The highest BCUT2D eigenvalue weighted by molar-refractivity contribution is 7.54. The molecule has 1 N–H and O–H groups in total. The summed E-state index contributed by atoms with van der Waals surface area (Å²) in [5, 5.41) is 3.33. The normalized spacial score (nSPS) is 19.5. The molecule has 0 aromatic heterocycles. The Morgan fingerprint density at radius 3 is 2.27 bits per heavy atom. The van der Waals surface area contributed by atoms with Crippen molar-refractivity contribution in [3.63, 3.8) is 0 Å². The van der Waals surface area contributed by atoms with Gasteiger partial charge in [0.1, 0.15) is 5.75 Å². The Kier molecular flexibility index (Phi) is 5.71. The molecule has 0 saturated carbocycles. The lowest BCUT2D eigenvalue weighted by Gasteiger charge is -2.38. The number of hydrogen-bond donors (Lipinski definition) is 1. The van der Waals surface area contributed by atoms with Crippen LogP contribution in [0.4, 0.5) is 5.69 Å². The monoisotopic (exact) mass is 375 g/mol. The summed E-state index contributed by atoms with van der Waals surface area (Å²) in [5.41, 5.74) is 1.55. The predicted molar refractivity (Wildman–Crippen MR) is 104 cm³/mol. The molecule has 5 nitrogen and oxygen atoms in total. The molecule has 1 fully saturated rings. The van der Waals surface area contributed by atoms with Gasteiger partial charge >= 0.3 is 7.60 Å². The fourth-order valence-corrected chi connectivity index (χ4v) is 4.99. The number of rotatable bonds is 6. The van der Waals surface area contributed by atoms with Crippen LogP contribution in [0.1, 0.15) is 32.1 Å². The lowest BCUT2D eigenvalue weighted by molar-refractivity contribution is 0.0387. The number of ether oxygens (including phenoxy) is 1. The summed E-state index contributed by atoms with van der Waals surface area (Å²) in [6.45, 7) is 7.44. The summed E-state index contributed by atoms with van der Waals surface area (Å²) in [7, 11) is -3.36. The van der Waals surface area contributed by atoms with E-state index in [0.29, 0.717) is 19.8 Å². The van der Waals surface area contributed by atoms with Gasteiger partial charge in [-0.3, -0.25) is 4.57 Å². The molecule has 0 amide bonds. The van der Waals surface area contributed by atoms with Crippen molar-refractivity contribution in [2.24, 2.45) is 5.41 Å². The second-order valence-electron chi connectivity index (χ2n) is 7.17. The van der Waals surface area contributed by atoms with Crippen LogP contribution in [-0.2, 0) is 13.6 Å². The standard InChI is InChI=1S/C20H26NO4P/c1-4-23-18-12-10-17(11-13-18)21-19(16-8-6-5-7-9-16)26(22)24-14-20(2,3)15-25-26/h5-13,19,21H,4,14-15H2,1-3H3. The van der Waals surface area contributed by atoms with Gasteiger partial charge in [0.25, 0.3) is 0 Å². The average Bonchev–Trinajstić information content (AvgIpc) is 2.65. The Bertz CT molecular complexity index is 747. The van der Waals surface area contributed by atoms with Crippen molar-refractivity contribution in [1.29, 1.82) is 0 Å². The Labute approximate surface area is 155 Å². The minimum Gasteiger partial charge on any atom is -0.494 e. The van der Waals surface area contributed by atoms with Crippen molar-refractivity contribution in [3.05, 3.63) is 60.2 Å². The molecule has 1 heterocycles. The number of nitrogens with one attached hydrogen (secondary N) is 1. The Hall–Kier alpha value is -1.81. The molecule has 3 rings (SSSR count). The Morgan fingerprint density at radius 2 is 1.69 bits per heavy atom. The van der Waals surface area contributed by atoms with Crippen LogP contribution in [0.25, 0.3) is 0 Å². The molecule has 0 spiro atoms. The summed E-state index contributed by atoms with van der Waals surface area (Å²) >= 11 is 0. The average molecular weight is 375 g/mol. The SMILES string of the molecule is CCOc1ccc(NC(c2ccccc2)P2(=O)OCC(C)(C)CO2)cc1. The summed E-state index contributed by atoms with van der Waals surface area (Å²) in [4.78, 5) is 0. The molecule has 2 aromatic carbocycles. The van der Waals surface area contributed by atoms with Gasteiger partial charge in [0.05, 0.1) is 19.8 Å². The molecule has 0 bridgehead atoms. The lowest BCUT2D eigenvalue weighted by Crippen LogP contribution is -2.31. The zero-order chi connectivity index (χ0) is 18.6. The molecule has 1 aliphatic heterocycles. The summed E-state index contributed by atoms with van der Waals surface area (Å²) < 4.78 is 30.5. The molecule has 6 heteroatoms. The number of hydrogen-bond acceptors (Lipinski definition) is 5. The van der Waals surface area contributed by atoms with Crippen LogP contribution in [0.2, 0.25) is 0 Å². The van der Waals surface area contributed by atoms with E-state index in [1.54, 1.807) is 0 Å². The highest BCUT2D eigenvalue weighted by atomic mass is 31.2. The third-order valence-electron chi connectivity index (χ3n) is 4.17. The van der Waals surface area contributed by atoms with Gasteiger partial charge in [0, 0.05) is 11.1 Å². The maximum absolute atomic E-state index is 13.5. The molecule has 0 radical (unpaired) electrons. The predicted octanol–water partition coefficient (Wildman–Crippen LogP) is 5.46. The van der Waals surface area contributed by atoms with Crippen molar-refractivity contribution in [2.75, 3.05) is 25.1 Å². The Morgan fingerprint density at radius 1 is 1.08 bits per heavy atom. The molecule has 1 saturated heterocycles. The second kappa shape index (κ2) is 7.83. The van der Waals surface area contributed by atoms with E-state index in [1.165, 1.54) is 0 Å². The highest BCUT2D eigenvalue weighted by Gasteiger charge is 2.43. The van der Waals surface area contributed by atoms with E-state index in [2.05, 4.69) is 5.32 Å². The molecule has 140 valence electrons. The first-order valence-electron chi connectivity index (χ1n) is 8.85. The highest BCUT2D eigenvalue weighted by Crippen LogP contribution is 2.63. The number of benzene rings is 2. The van der Waals surface area contributed by atoms with Crippen LogP contribution in [0.5, 0.6) is 5.75 Å². The molecule has 1 unspecified atom stereocenters. The maximum atomic E-state index is 13.5. The maximum Gasteiger partial charge on any atom is 0.357 e. The summed E-state index contributed by atoms with van der Waals surface area (Å²) in [6.07, 6.45) is 0. The van der Waals surface area contributed by atoms with Gasteiger partial charge in [-0.2, -0.15) is 0 Å². The number of anilines is 1. The van der Waals surface area contributed by atoms with Gasteiger partial charge in [0.2, 0.25) is 0 Å². The van der Waals surface area contributed by atoms with Gasteiger partial charge < -0.3 is 19.1 Å². The first kappa shape index (κ1) is 19.0. The van der Waals surface area contributed by atoms with Crippen molar-refractivity contribution in [3.8, 4) is 5.75 Å². The molecule has 1 atom stereocenters. The molecule has 1 aliphatic rings. The van der Waals surface area contributed by atoms with E-state index in [-0.39, 0.29) is 5.41 Å². The van der Waals surface area contributed by atoms with Crippen LogP contribution in [0.3, 0.4) is 0 Å². The van der Waals surface area contributed by atoms with Crippen LogP contribution in [0, 0.1) is 5.41 Å². The van der Waals surface area contributed by atoms with E-state index in [4.69, 9.17) is 13.8 Å². The van der Waals surface area contributed by atoms with Gasteiger partial charge in [-0.05, 0) is 36.8 Å². The minimum absolute atomic E-state index is 0.145. The van der Waals surface area contributed by atoms with E-state index in [0.717, 1.165) is 17.0 Å². The quantitative estimate of drug-likeness (QED) is 0.679. The zero-order valence-corrected chi connectivity index (χ0v) is 16.4. The van der Waals surface area contributed by atoms with Gasteiger partial charge in [-0.25, -0.2) is 0 Å². The Balaban J connectivity index is 1.86. The van der Waals surface area contributed by atoms with Gasteiger partial charge in [-0.1, -0.05) is 44.2 Å². The fraction of sp³-hybridized carbons (Fsp3) is 0.400. The van der Waals surface area contributed by atoms with E-state index in [9.17, 15) is 4.57 Å². The zero-order valence-electron chi connectivity index (χ0n) is 15.5. The third kappa shape index (κ3) is 4.47. The van der Waals surface area contributed by atoms with Crippen molar-refractivity contribution >= 4 is 13.3 Å². The van der Waals surface area contributed by atoms with Crippen LogP contribution in [0.15, 0.2) is 54.6 Å². The molecular formula is C20H26NO4P. The van der Waals surface area contributed by atoms with E-state index in [1.807, 2.05) is 75.4 Å². The van der Waals surface area contributed by atoms with E-state index < -0.39 is 13.4 Å². The molecule has 2 aromatic rings. The molecular weight excluding hydrogens is 349 g/mol. The van der Waals surface area contributed by atoms with Crippen molar-refractivity contribution < 1.29 is 18.3 Å². The van der Waals surface area contributed by atoms with Crippen LogP contribution >= 0.6 is 7.60 Å². The lowest BCUT2D eigenvalue weighted by atomic mass is 9.97. The fourth-order valence-electron chi connectivity index (χ4n) is 2.71. The molecule has 26 heavy (non-hydrogen) atoms. The van der Waals surface area contributed by atoms with Gasteiger partial charge in [0.15, 0.2) is 5.78 Å². The minimum atomic E-state index is -3.36. The van der Waals surface area contributed by atoms with Crippen LogP contribution < -0.4 is 10.1 Å². The smallest absolute Gasteiger partial charge is 0.357 e. The third-order valence-corrected chi connectivity index (χ3v) is 6.21. The van der Waals surface area contributed by atoms with Crippen LogP contribution in [-0.4, -0.2) is 19.8 Å². The first-order valence-corrected chi connectivity index (χ1v) is 10.5. The van der Waals surface area contributed by atoms with Crippen molar-refractivity contribution in [2.45, 2.75) is 26.6 Å². The van der Waals surface area contributed by atoms with Gasteiger partial charge in [-0.15, -0.1) is 0 Å². The summed E-state index contributed by atoms with van der Waals surface area (Å²) in [6, 6.07) is 17.2. The first-order chi connectivity index (χ1) is 12.4.